The summed E-state index contributed by atoms with van der Waals surface area (Å²) in [5, 5.41) is 0. The molecule has 0 aromatic heterocycles. The number of nitrogens with two attached hydrogens (primary N) is 1. The van der Waals surface area contributed by atoms with Crippen LogP contribution in [0.1, 0.15) is 78.1 Å². The molecule has 0 aliphatic carbocycles. The van der Waals surface area contributed by atoms with E-state index in [9.17, 15) is 0 Å². The number of hydrogen-bond acceptors (Lipinski definition) is 2. The number of nitrogens with zero attached hydrogens (tertiary/aromatic N) is 1. The first-order chi connectivity index (χ1) is 9.24. The van der Waals surface area contributed by atoms with Gasteiger partial charge in [0.25, 0.3) is 0 Å². The summed E-state index contributed by atoms with van der Waals surface area (Å²) >= 11 is 0. The molecule has 2 N–H and O–H groups in total. The highest BCUT2D eigenvalue weighted by atomic mass is 15.1. The first-order valence-corrected chi connectivity index (χ1v) is 8.72. The summed E-state index contributed by atoms with van der Waals surface area (Å²) in [5.74, 6) is 0.773. The Morgan fingerprint density at radius 3 is 2.00 bits per heavy atom. The van der Waals surface area contributed by atoms with Crippen LogP contribution in [0.5, 0.6) is 0 Å². The van der Waals surface area contributed by atoms with Gasteiger partial charge in [0.05, 0.1) is 0 Å². The maximum absolute atomic E-state index is 5.98. The third-order valence-electron chi connectivity index (χ3n) is 4.70. The highest BCUT2D eigenvalue weighted by Gasteiger charge is 2.21. The summed E-state index contributed by atoms with van der Waals surface area (Å²) in [6, 6.07) is 0.394. The smallest absolute Gasteiger partial charge is 0.00397 e. The van der Waals surface area contributed by atoms with Crippen LogP contribution in [0.25, 0.3) is 0 Å². The van der Waals surface area contributed by atoms with Crippen molar-refractivity contribution in [2.75, 3.05) is 19.6 Å². The lowest BCUT2D eigenvalue weighted by Crippen LogP contribution is -2.40. The number of likely N-dealkylation sites (tertiary alicyclic amines) is 1. The second kappa shape index (κ2) is 10.7. The van der Waals surface area contributed by atoms with Crippen LogP contribution >= 0.6 is 0 Å². The van der Waals surface area contributed by atoms with Gasteiger partial charge in [0.1, 0.15) is 0 Å². The van der Waals surface area contributed by atoms with Gasteiger partial charge in [-0.2, -0.15) is 0 Å². The minimum absolute atomic E-state index is 0.394. The molecule has 2 nitrogen and oxygen atoms in total. The summed E-state index contributed by atoms with van der Waals surface area (Å²) in [6.45, 7) is 8.33. The average molecular weight is 268 g/mol. The van der Waals surface area contributed by atoms with E-state index in [4.69, 9.17) is 5.73 Å². The van der Waals surface area contributed by atoms with Crippen molar-refractivity contribution in [1.29, 1.82) is 0 Å². The summed E-state index contributed by atoms with van der Waals surface area (Å²) in [6.07, 6.45) is 14.0. The maximum atomic E-state index is 5.98. The monoisotopic (exact) mass is 268 g/mol. The van der Waals surface area contributed by atoms with Crippen LogP contribution in [0.2, 0.25) is 0 Å². The predicted molar refractivity (Wildman–Crippen MR) is 85.4 cm³/mol. The fourth-order valence-corrected chi connectivity index (χ4v) is 3.17. The predicted octanol–water partition coefficient (Wildman–Crippen LogP) is 4.19. The number of piperidine rings is 1. The van der Waals surface area contributed by atoms with Crippen LogP contribution in [0.15, 0.2) is 0 Å². The topological polar surface area (TPSA) is 29.3 Å². The molecule has 1 aliphatic heterocycles. The molecular formula is C17H36N2. The van der Waals surface area contributed by atoms with Crippen LogP contribution in [-0.2, 0) is 0 Å². The molecule has 1 atom stereocenters. The Labute approximate surface area is 121 Å². The zero-order valence-corrected chi connectivity index (χ0v) is 13.4. The summed E-state index contributed by atoms with van der Waals surface area (Å²) in [5.41, 5.74) is 5.98. The van der Waals surface area contributed by atoms with Gasteiger partial charge in [0, 0.05) is 6.04 Å². The molecular weight excluding hydrogens is 232 g/mol. The second-order valence-electron chi connectivity index (χ2n) is 6.51. The lowest BCUT2D eigenvalue weighted by molar-refractivity contribution is 0.169. The SMILES string of the molecule is CCCCCCCCCCN1CCC(C(C)N)CC1. The number of rotatable bonds is 10. The van der Waals surface area contributed by atoms with Gasteiger partial charge in [-0.1, -0.05) is 51.9 Å². The van der Waals surface area contributed by atoms with Gasteiger partial charge in [0.2, 0.25) is 0 Å². The Morgan fingerprint density at radius 2 is 1.47 bits per heavy atom. The molecule has 0 aromatic carbocycles. The normalized spacial score (nSPS) is 19.7. The maximum Gasteiger partial charge on any atom is 0.00397 e. The number of hydrogen-bond donors (Lipinski definition) is 1. The Bertz CT molecular complexity index is 195. The van der Waals surface area contributed by atoms with E-state index in [2.05, 4.69) is 18.7 Å². The molecule has 2 heteroatoms. The van der Waals surface area contributed by atoms with E-state index in [-0.39, 0.29) is 0 Å². The zero-order valence-electron chi connectivity index (χ0n) is 13.4. The fourth-order valence-electron chi connectivity index (χ4n) is 3.17. The largest absolute Gasteiger partial charge is 0.328 e. The van der Waals surface area contributed by atoms with Crippen molar-refractivity contribution >= 4 is 0 Å². The van der Waals surface area contributed by atoms with Crippen molar-refractivity contribution in [3.8, 4) is 0 Å². The van der Waals surface area contributed by atoms with Gasteiger partial charge in [-0.25, -0.2) is 0 Å². The van der Waals surface area contributed by atoms with Gasteiger partial charge in [-0.05, 0) is 51.7 Å². The standard InChI is InChI=1S/C17H36N2/c1-3-4-5-6-7-8-9-10-13-19-14-11-17(12-15-19)16(2)18/h16-17H,3-15,18H2,1-2H3. The summed E-state index contributed by atoms with van der Waals surface area (Å²) in [7, 11) is 0. The van der Waals surface area contributed by atoms with Crippen molar-refractivity contribution in [3.05, 3.63) is 0 Å². The van der Waals surface area contributed by atoms with Crippen molar-refractivity contribution in [1.82, 2.24) is 4.90 Å². The Hall–Kier alpha value is -0.0800. The van der Waals surface area contributed by atoms with Crippen LogP contribution in [-0.4, -0.2) is 30.6 Å². The molecule has 1 saturated heterocycles. The third kappa shape index (κ3) is 7.94. The third-order valence-corrected chi connectivity index (χ3v) is 4.70. The molecule has 0 saturated carbocycles. The van der Waals surface area contributed by atoms with Crippen molar-refractivity contribution in [2.24, 2.45) is 11.7 Å². The lowest BCUT2D eigenvalue weighted by atomic mass is 9.91. The lowest BCUT2D eigenvalue weighted by Gasteiger charge is -2.33. The van der Waals surface area contributed by atoms with Crippen molar-refractivity contribution < 1.29 is 0 Å². The Kier molecular flexibility index (Phi) is 9.54. The van der Waals surface area contributed by atoms with Gasteiger partial charge in [-0.3, -0.25) is 0 Å². The highest BCUT2D eigenvalue weighted by molar-refractivity contribution is 4.77. The minimum Gasteiger partial charge on any atom is -0.328 e. The molecule has 0 amide bonds. The van der Waals surface area contributed by atoms with Crippen LogP contribution < -0.4 is 5.73 Å². The van der Waals surface area contributed by atoms with E-state index in [0.717, 1.165) is 5.92 Å². The molecule has 1 unspecified atom stereocenters. The van der Waals surface area contributed by atoms with E-state index in [0.29, 0.717) is 6.04 Å². The summed E-state index contributed by atoms with van der Waals surface area (Å²) in [4.78, 5) is 2.65. The fraction of sp³-hybridized carbons (Fsp3) is 1.00. The van der Waals surface area contributed by atoms with Crippen LogP contribution in [0.3, 0.4) is 0 Å². The Morgan fingerprint density at radius 1 is 0.947 bits per heavy atom. The molecule has 0 aromatic rings. The van der Waals surface area contributed by atoms with Gasteiger partial charge in [0.15, 0.2) is 0 Å². The van der Waals surface area contributed by atoms with Gasteiger partial charge in [-0.15, -0.1) is 0 Å². The first kappa shape index (κ1) is 17.0. The van der Waals surface area contributed by atoms with Crippen molar-refractivity contribution in [3.63, 3.8) is 0 Å². The van der Waals surface area contributed by atoms with Gasteiger partial charge >= 0.3 is 0 Å². The van der Waals surface area contributed by atoms with E-state index < -0.39 is 0 Å². The zero-order chi connectivity index (χ0) is 13.9. The minimum atomic E-state index is 0.394. The quantitative estimate of drug-likeness (QED) is 0.602. The van der Waals surface area contributed by atoms with Gasteiger partial charge < -0.3 is 10.6 Å². The molecule has 0 bridgehead atoms. The van der Waals surface area contributed by atoms with Crippen LogP contribution in [0.4, 0.5) is 0 Å². The van der Waals surface area contributed by atoms with E-state index in [1.165, 1.54) is 83.8 Å². The molecule has 1 heterocycles. The molecule has 1 rings (SSSR count). The van der Waals surface area contributed by atoms with Crippen LogP contribution in [0, 0.1) is 5.92 Å². The number of unbranched alkanes of at least 4 members (excludes halogenated alkanes) is 7. The summed E-state index contributed by atoms with van der Waals surface area (Å²) < 4.78 is 0. The molecule has 114 valence electrons. The van der Waals surface area contributed by atoms with E-state index in [1.807, 2.05) is 0 Å². The second-order valence-corrected chi connectivity index (χ2v) is 6.51. The van der Waals surface area contributed by atoms with E-state index in [1.54, 1.807) is 0 Å². The molecule has 19 heavy (non-hydrogen) atoms. The molecule has 1 fully saturated rings. The van der Waals surface area contributed by atoms with E-state index >= 15 is 0 Å². The van der Waals surface area contributed by atoms with Crippen molar-refractivity contribution in [2.45, 2.75) is 84.1 Å². The average Bonchev–Trinajstić information content (AvgIpc) is 2.42. The molecule has 0 radical (unpaired) electrons. The first-order valence-electron chi connectivity index (χ1n) is 8.72. The highest BCUT2D eigenvalue weighted by Crippen LogP contribution is 2.20. The molecule has 0 spiro atoms. The Balaban J connectivity index is 1.88. The molecule has 1 aliphatic rings.